The number of hydrogen-bond donors (Lipinski definition) is 0. The second kappa shape index (κ2) is 5.75. The Morgan fingerprint density at radius 2 is 1.94 bits per heavy atom. The Hall–Kier alpha value is -0.460. The van der Waals surface area contributed by atoms with Gasteiger partial charge in [-0.1, -0.05) is 17.7 Å². The molecule has 0 saturated heterocycles. The number of aromatic nitrogens is 2. The van der Waals surface area contributed by atoms with E-state index in [0.29, 0.717) is 0 Å². The maximum atomic E-state index is 10.6. The molecule has 0 radical (unpaired) electrons. The number of nitrogens with zero attached hydrogens (tertiary/aromatic N) is 2. The van der Waals surface area contributed by atoms with E-state index in [-0.39, 0.29) is 34.5 Å². The van der Waals surface area contributed by atoms with Crippen molar-refractivity contribution >= 4 is 11.1 Å². The molecule has 78 valence electrons. The number of hydrogen-bond acceptors (Lipinski definition) is 3. The molecule has 0 aliphatic rings. The van der Waals surface area contributed by atoms with Gasteiger partial charge in [0, 0.05) is 6.20 Å². The molecular formula is C10H9N2NaO2S. The Morgan fingerprint density at radius 3 is 2.44 bits per heavy atom. The smallest absolute Gasteiger partial charge is 0.768 e. The molecule has 16 heavy (non-hydrogen) atoms. The van der Waals surface area contributed by atoms with Gasteiger partial charge in [0.25, 0.3) is 0 Å². The van der Waals surface area contributed by atoms with Crippen LogP contribution in [-0.2, 0) is 11.1 Å². The van der Waals surface area contributed by atoms with E-state index in [1.165, 1.54) is 17.1 Å². The van der Waals surface area contributed by atoms with Crippen molar-refractivity contribution < 1.29 is 38.3 Å². The van der Waals surface area contributed by atoms with Gasteiger partial charge in [-0.25, -0.2) is 4.68 Å². The van der Waals surface area contributed by atoms with E-state index < -0.39 is 11.1 Å². The normalized spacial score (nSPS) is 11.9. The largest absolute Gasteiger partial charge is 1.00 e. The summed E-state index contributed by atoms with van der Waals surface area (Å²) < 4.78 is 22.8. The van der Waals surface area contributed by atoms with E-state index in [4.69, 9.17) is 0 Å². The van der Waals surface area contributed by atoms with Gasteiger partial charge in [-0.05, 0) is 30.1 Å². The van der Waals surface area contributed by atoms with E-state index in [9.17, 15) is 8.76 Å². The van der Waals surface area contributed by atoms with Crippen LogP contribution in [0.4, 0.5) is 0 Å². The molecule has 0 bridgehead atoms. The van der Waals surface area contributed by atoms with Crippen LogP contribution in [0.25, 0.3) is 5.69 Å². The van der Waals surface area contributed by atoms with Crippen molar-refractivity contribution in [3.8, 4) is 5.69 Å². The summed E-state index contributed by atoms with van der Waals surface area (Å²) in [7, 11) is 0. The first-order valence-electron chi connectivity index (χ1n) is 4.38. The summed E-state index contributed by atoms with van der Waals surface area (Å²) in [6.07, 6.45) is 2.80. The molecule has 0 N–H and O–H groups in total. The predicted octanol–water partition coefficient (Wildman–Crippen LogP) is -1.58. The Balaban J connectivity index is 0.00000128. The van der Waals surface area contributed by atoms with E-state index in [0.717, 1.165) is 11.3 Å². The average Bonchev–Trinajstić information content (AvgIpc) is 2.68. The molecule has 0 saturated carbocycles. The molecule has 1 heterocycles. The van der Waals surface area contributed by atoms with Crippen molar-refractivity contribution in [1.82, 2.24) is 9.78 Å². The maximum absolute atomic E-state index is 10.6. The fourth-order valence-electron chi connectivity index (χ4n) is 1.23. The van der Waals surface area contributed by atoms with E-state index in [1.807, 2.05) is 31.2 Å². The molecule has 1 aromatic carbocycles. The summed E-state index contributed by atoms with van der Waals surface area (Å²) in [4.78, 5) is 0.190. The van der Waals surface area contributed by atoms with Crippen molar-refractivity contribution in [2.24, 2.45) is 0 Å². The zero-order valence-corrected chi connectivity index (χ0v) is 11.9. The van der Waals surface area contributed by atoms with Crippen LogP contribution in [0.3, 0.4) is 0 Å². The van der Waals surface area contributed by atoms with Gasteiger partial charge in [0.05, 0.1) is 16.8 Å². The minimum absolute atomic E-state index is 0. The third-order valence-corrected chi connectivity index (χ3v) is 2.65. The molecule has 1 atom stereocenters. The molecule has 0 fully saturated rings. The first-order valence-corrected chi connectivity index (χ1v) is 5.45. The molecule has 1 unspecified atom stereocenters. The van der Waals surface area contributed by atoms with E-state index >= 15 is 0 Å². The second-order valence-electron chi connectivity index (χ2n) is 3.19. The van der Waals surface area contributed by atoms with Gasteiger partial charge in [-0.15, -0.1) is 0 Å². The van der Waals surface area contributed by atoms with Crippen LogP contribution in [0.5, 0.6) is 0 Å². The van der Waals surface area contributed by atoms with Crippen molar-refractivity contribution in [2.75, 3.05) is 0 Å². The minimum Gasteiger partial charge on any atom is -0.768 e. The molecule has 0 spiro atoms. The summed E-state index contributed by atoms with van der Waals surface area (Å²) >= 11 is -2.22. The van der Waals surface area contributed by atoms with Gasteiger partial charge in [-0.2, -0.15) is 5.10 Å². The fraction of sp³-hybridized carbons (Fsp3) is 0.100. The first-order chi connectivity index (χ1) is 7.16. The first kappa shape index (κ1) is 13.6. The fourth-order valence-corrected chi connectivity index (χ4v) is 1.55. The van der Waals surface area contributed by atoms with Crippen LogP contribution in [0.1, 0.15) is 5.56 Å². The summed E-state index contributed by atoms with van der Waals surface area (Å²) in [6.45, 7) is 1.99. The summed E-state index contributed by atoms with van der Waals surface area (Å²) in [6, 6.07) is 7.68. The van der Waals surface area contributed by atoms with E-state index in [1.54, 1.807) is 0 Å². The SMILES string of the molecule is Cc1ccc(-n2cc(S(=O)[O-])cn2)cc1.[Na+]. The van der Waals surface area contributed by atoms with E-state index in [2.05, 4.69) is 5.10 Å². The van der Waals surface area contributed by atoms with Crippen molar-refractivity contribution in [1.29, 1.82) is 0 Å². The van der Waals surface area contributed by atoms with Gasteiger partial charge >= 0.3 is 29.6 Å². The van der Waals surface area contributed by atoms with Crippen LogP contribution >= 0.6 is 0 Å². The molecule has 2 aromatic rings. The maximum Gasteiger partial charge on any atom is 1.00 e. The van der Waals surface area contributed by atoms with Crippen molar-refractivity contribution in [2.45, 2.75) is 11.8 Å². The molecule has 0 aliphatic heterocycles. The van der Waals surface area contributed by atoms with Crippen LogP contribution in [-0.4, -0.2) is 18.5 Å². The summed E-state index contributed by atoms with van der Waals surface area (Å²) in [5.74, 6) is 0. The number of rotatable bonds is 2. The van der Waals surface area contributed by atoms with Crippen LogP contribution in [0.15, 0.2) is 41.6 Å². The topological polar surface area (TPSA) is 58.0 Å². The van der Waals surface area contributed by atoms with Gasteiger partial charge in [0.1, 0.15) is 0 Å². The van der Waals surface area contributed by atoms with Gasteiger partial charge in [0.15, 0.2) is 0 Å². The second-order valence-corrected chi connectivity index (χ2v) is 4.13. The Kier molecular flexibility index (Phi) is 4.89. The molecule has 4 nitrogen and oxygen atoms in total. The minimum atomic E-state index is -2.22. The Morgan fingerprint density at radius 1 is 1.31 bits per heavy atom. The Labute approximate surface area is 118 Å². The molecular weight excluding hydrogens is 235 g/mol. The monoisotopic (exact) mass is 244 g/mol. The third-order valence-electron chi connectivity index (χ3n) is 2.05. The zero-order chi connectivity index (χ0) is 10.8. The molecule has 6 heteroatoms. The predicted molar refractivity (Wildman–Crippen MR) is 55.5 cm³/mol. The van der Waals surface area contributed by atoms with Crippen molar-refractivity contribution in [3.63, 3.8) is 0 Å². The molecule has 0 amide bonds. The Bertz CT molecular complexity index is 496. The van der Waals surface area contributed by atoms with Gasteiger partial charge in [0.2, 0.25) is 0 Å². The quantitative estimate of drug-likeness (QED) is 0.473. The number of benzene rings is 1. The van der Waals surface area contributed by atoms with Gasteiger partial charge in [-0.3, -0.25) is 4.21 Å². The van der Waals surface area contributed by atoms with Crippen molar-refractivity contribution in [3.05, 3.63) is 42.2 Å². The summed E-state index contributed by atoms with van der Waals surface area (Å²) in [5.41, 5.74) is 2.00. The molecule has 1 aromatic heterocycles. The third kappa shape index (κ3) is 3.02. The standard InChI is InChI=1S/C10H10N2O2S.Na/c1-8-2-4-9(5-3-8)12-7-10(6-11-12)15(13)14;/h2-7H,1H3,(H,13,14);/q;+1/p-1. The average molecular weight is 244 g/mol. The number of aryl methyl sites for hydroxylation is 1. The van der Waals surface area contributed by atoms with Gasteiger partial charge < -0.3 is 4.55 Å². The zero-order valence-electron chi connectivity index (χ0n) is 9.08. The van der Waals surface area contributed by atoms with Crippen LogP contribution in [0, 0.1) is 6.92 Å². The molecule has 2 rings (SSSR count). The molecule has 0 aliphatic carbocycles. The van der Waals surface area contributed by atoms with Crippen LogP contribution in [0.2, 0.25) is 0 Å². The summed E-state index contributed by atoms with van der Waals surface area (Å²) in [5, 5.41) is 3.96. The van der Waals surface area contributed by atoms with Crippen LogP contribution < -0.4 is 29.6 Å².